The van der Waals surface area contributed by atoms with Gasteiger partial charge in [-0.1, -0.05) is 41.4 Å². The molecular weight excluding hydrogens is 371 g/mol. The van der Waals surface area contributed by atoms with E-state index in [1.54, 1.807) is 25.7 Å². The first-order valence-corrected chi connectivity index (χ1v) is 9.10. The number of aromatic nitrogens is 2. The highest BCUT2D eigenvalue weighted by Gasteiger charge is 2.15. The van der Waals surface area contributed by atoms with Crippen LogP contribution in [0.15, 0.2) is 61.2 Å². The Kier molecular flexibility index (Phi) is 6.42. The fraction of sp³-hybridized carbons (Fsp3) is 0.250. The summed E-state index contributed by atoms with van der Waals surface area (Å²) in [5, 5.41) is 1.31. The molecule has 1 atom stereocenters. The van der Waals surface area contributed by atoms with Crippen molar-refractivity contribution in [1.29, 1.82) is 0 Å². The summed E-state index contributed by atoms with van der Waals surface area (Å²) in [5.41, 5.74) is 1.05. The molecule has 136 valence electrons. The van der Waals surface area contributed by atoms with Crippen LogP contribution in [0.4, 0.5) is 0 Å². The number of hydrogen-bond donors (Lipinski definition) is 0. The number of halogens is 2. The summed E-state index contributed by atoms with van der Waals surface area (Å²) < 4.78 is 13.7. The number of hydrogen-bond acceptors (Lipinski definition) is 3. The SMILES string of the molecule is COc1ccccc1OC(CCc1ccc(Cl)cc1Cl)Cn1ccnc1. The van der Waals surface area contributed by atoms with E-state index in [-0.39, 0.29) is 6.10 Å². The van der Waals surface area contributed by atoms with Crippen molar-refractivity contribution in [2.45, 2.75) is 25.5 Å². The molecule has 0 aliphatic rings. The molecule has 6 heteroatoms. The van der Waals surface area contributed by atoms with Crippen molar-refractivity contribution in [1.82, 2.24) is 9.55 Å². The number of rotatable bonds is 8. The van der Waals surface area contributed by atoms with E-state index in [4.69, 9.17) is 32.7 Å². The summed E-state index contributed by atoms with van der Waals surface area (Å²) in [4.78, 5) is 4.11. The van der Waals surface area contributed by atoms with Crippen molar-refractivity contribution in [2.24, 2.45) is 0 Å². The molecule has 0 N–H and O–H groups in total. The fourth-order valence-corrected chi connectivity index (χ4v) is 3.26. The predicted octanol–water partition coefficient (Wildman–Crippen LogP) is 5.28. The standard InChI is InChI=1S/C20H20Cl2N2O2/c1-25-19-4-2-3-5-20(19)26-17(13-24-11-10-23-14-24)9-7-15-6-8-16(21)12-18(15)22/h2-6,8,10-12,14,17H,7,9,13H2,1H3. The van der Waals surface area contributed by atoms with Crippen molar-refractivity contribution < 1.29 is 9.47 Å². The molecule has 0 aliphatic heterocycles. The molecule has 0 radical (unpaired) electrons. The van der Waals surface area contributed by atoms with Gasteiger partial charge < -0.3 is 14.0 Å². The van der Waals surface area contributed by atoms with Crippen molar-refractivity contribution in [3.63, 3.8) is 0 Å². The van der Waals surface area contributed by atoms with E-state index in [1.807, 2.05) is 47.2 Å². The quantitative estimate of drug-likeness (QED) is 0.524. The van der Waals surface area contributed by atoms with E-state index < -0.39 is 0 Å². The Morgan fingerprint density at radius 1 is 1.12 bits per heavy atom. The van der Waals surface area contributed by atoms with Gasteiger partial charge in [0.2, 0.25) is 0 Å². The van der Waals surface area contributed by atoms with Crippen LogP contribution in [0.1, 0.15) is 12.0 Å². The van der Waals surface area contributed by atoms with Crippen LogP contribution in [0.5, 0.6) is 11.5 Å². The average Bonchev–Trinajstić information content (AvgIpc) is 3.14. The van der Waals surface area contributed by atoms with Crippen molar-refractivity contribution in [3.8, 4) is 11.5 Å². The topological polar surface area (TPSA) is 36.3 Å². The second-order valence-electron chi connectivity index (χ2n) is 5.92. The maximum absolute atomic E-state index is 6.30. The monoisotopic (exact) mass is 390 g/mol. The van der Waals surface area contributed by atoms with Gasteiger partial charge in [0.05, 0.1) is 20.0 Å². The smallest absolute Gasteiger partial charge is 0.161 e. The number of imidazole rings is 1. The lowest BCUT2D eigenvalue weighted by Gasteiger charge is -2.21. The Balaban J connectivity index is 1.74. The van der Waals surface area contributed by atoms with Gasteiger partial charge in [0.15, 0.2) is 11.5 Å². The van der Waals surface area contributed by atoms with Gasteiger partial charge in [-0.05, 0) is 42.7 Å². The minimum Gasteiger partial charge on any atom is -0.493 e. The van der Waals surface area contributed by atoms with Crippen molar-refractivity contribution in [3.05, 3.63) is 76.8 Å². The summed E-state index contributed by atoms with van der Waals surface area (Å²) >= 11 is 12.3. The van der Waals surface area contributed by atoms with E-state index in [0.717, 1.165) is 24.2 Å². The van der Waals surface area contributed by atoms with Gasteiger partial charge in [-0.3, -0.25) is 0 Å². The van der Waals surface area contributed by atoms with Gasteiger partial charge in [-0.2, -0.15) is 0 Å². The zero-order valence-electron chi connectivity index (χ0n) is 14.4. The van der Waals surface area contributed by atoms with Crippen LogP contribution < -0.4 is 9.47 Å². The van der Waals surface area contributed by atoms with Crippen molar-refractivity contribution in [2.75, 3.05) is 7.11 Å². The minimum atomic E-state index is -0.0627. The molecule has 1 aromatic heterocycles. The first-order valence-electron chi connectivity index (χ1n) is 8.35. The highest BCUT2D eigenvalue weighted by atomic mass is 35.5. The number of para-hydroxylation sites is 2. The lowest BCUT2D eigenvalue weighted by atomic mass is 10.1. The number of benzene rings is 2. The second kappa shape index (κ2) is 8.97. The number of methoxy groups -OCH3 is 1. The summed E-state index contributed by atoms with van der Waals surface area (Å²) in [6.45, 7) is 0.684. The molecule has 0 bridgehead atoms. The zero-order valence-corrected chi connectivity index (χ0v) is 16.0. The van der Waals surface area contributed by atoms with Crippen LogP contribution >= 0.6 is 23.2 Å². The Labute approximate surface area is 163 Å². The van der Waals surface area contributed by atoms with E-state index >= 15 is 0 Å². The molecule has 26 heavy (non-hydrogen) atoms. The molecule has 0 saturated carbocycles. The largest absolute Gasteiger partial charge is 0.493 e. The van der Waals surface area contributed by atoms with Gasteiger partial charge in [-0.25, -0.2) is 4.98 Å². The molecule has 0 amide bonds. The third-order valence-electron chi connectivity index (χ3n) is 4.09. The number of nitrogens with zero attached hydrogens (tertiary/aromatic N) is 2. The third kappa shape index (κ3) is 4.93. The van der Waals surface area contributed by atoms with Crippen LogP contribution in [-0.4, -0.2) is 22.8 Å². The van der Waals surface area contributed by atoms with Crippen LogP contribution in [0.3, 0.4) is 0 Å². The van der Waals surface area contributed by atoms with Crippen LogP contribution in [0.25, 0.3) is 0 Å². The van der Waals surface area contributed by atoms with E-state index in [1.165, 1.54) is 0 Å². The number of aryl methyl sites for hydroxylation is 1. The highest BCUT2D eigenvalue weighted by Crippen LogP contribution is 2.29. The first kappa shape index (κ1) is 18.6. The summed E-state index contributed by atoms with van der Waals surface area (Å²) in [7, 11) is 1.64. The zero-order chi connectivity index (χ0) is 18.4. The molecule has 0 spiro atoms. The van der Waals surface area contributed by atoms with E-state index in [0.29, 0.717) is 22.3 Å². The van der Waals surface area contributed by atoms with Crippen LogP contribution in [0.2, 0.25) is 10.0 Å². The Morgan fingerprint density at radius 3 is 2.62 bits per heavy atom. The molecule has 1 unspecified atom stereocenters. The van der Waals surface area contributed by atoms with E-state index in [2.05, 4.69) is 4.98 Å². The molecule has 1 heterocycles. The Morgan fingerprint density at radius 2 is 1.92 bits per heavy atom. The summed E-state index contributed by atoms with van der Waals surface area (Å²) in [6, 6.07) is 13.2. The van der Waals surface area contributed by atoms with Crippen LogP contribution in [0, 0.1) is 0 Å². The highest BCUT2D eigenvalue weighted by molar-refractivity contribution is 6.35. The summed E-state index contributed by atoms with van der Waals surface area (Å²) in [5.74, 6) is 1.44. The molecule has 3 rings (SSSR count). The van der Waals surface area contributed by atoms with Crippen molar-refractivity contribution >= 4 is 23.2 Å². The number of ether oxygens (including phenoxy) is 2. The van der Waals surface area contributed by atoms with Gasteiger partial charge in [0.1, 0.15) is 6.10 Å². The lowest BCUT2D eigenvalue weighted by Crippen LogP contribution is -2.24. The fourth-order valence-electron chi connectivity index (χ4n) is 2.75. The van der Waals surface area contributed by atoms with Gasteiger partial charge in [0.25, 0.3) is 0 Å². The molecule has 0 saturated heterocycles. The predicted molar refractivity (Wildman–Crippen MR) is 104 cm³/mol. The lowest BCUT2D eigenvalue weighted by molar-refractivity contribution is 0.164. The Hall–Kier alpha value is -2.17. The molecule has 4 nitrogen and oxygen atoms in total. The molecule has 0 aliphatic carbocycles. The first-order chi connectivity index (χ1) is 12.7. The minimum absolute atomic E-state index is 0.0627. The normalized spacial score (nSPS) is 12.0. The molecule has 2 aromatic carbocycles. The summed E-state index contributed by atoms with van der Waals surface area (Å²) in [6.07, 6.45) is 6.98. The van der Waals surface area contributed by atoms with E-state index in [9.17, 15) is 0 Å². The average molecular weight is 391 g/mol. The maximum atomic E-state index is 6.30. The van der Waals surface area contributed by atoms with Gasteiger partial charge in [0, 0.05) is 22.4 Å². The molecule has 3 aromatic rings. The maximum Gasteiger partial charge on any atom is 0.161 e. The third-order valence-corrected chi connectivity index (χ3v) is 4.67. The van der Waals surface area contributed by atoms with Gasteiger partial charge >= 0.3 is 0 Å². The molecular formula is C20H20Cl2N2O2. The Bertz CT molecular complexity index is 838. The second-order valence-corrected chi connectivity index (χ2v) is 6.77. The van der Waals surface area contributed by atoms with Crippen LogP contribution in [-0.2, 0) is 13.0 Å². The molecule has 0 fully saturated rings. The van der Waals surface area contributed by atoms with Gasteiger partial charge in [-0.15, -0.1) is 0 Å².